The third-order valence-electron chi connectivity index (χ3n) is 7.13. The fraction of sp³-hybridized carbons (Fsp3) is 0.152. The van der Waals surface area contributed by atoms with E-state index in [0.29, 0.717) is 34.0 Å². The third kappa shape index (κ3) is 5.36. The van der Waals surface area contributed by atoms with Crippen molar-refractivity contribution in [1.82, 2.24) is 19.5 Å². The highest BCUT2D eigenvalue weighted by atomic mass is 35.5. The van der Waals surface area contributed by atoms with Crippen LogP contribution in [0.2, 0.25) is 5.02 Å². The second-order valence-corrected chi connectivity index (χ2v) is 10.2. The first-order valence-electron chi connectivity index (χ1n) is 13.4. The van der Waals surface area contributed by atoms with Gasteiger partial charge in [-0.25, -0.2) is 9.97 Å². The number of fused-ring (bicyclic) bond motifs is 2. The van der Waals surface area contributed by atoms with Crippen LogP contribution in [0.4, 0.5) is 5.82 Å². The van der Waals surface area contributed by atoms with Crippen LogP contribution in [-0.4, -0.2) is 26.6 Å². The van der Waals surface area contributed by atoms with E-state index < -0.39 is 0 Å². The SMILES string of the molecule is COc1ccc(CCc2nc(N[C@@H](C)c3cc4cccc(Cl)c4c(=O)n3-c3ccccc3)c3ncccc3n2)cc1. The summed E-state index contributed by atoms with van der Waals surface area (Å²) in [6, 6.07) is 28.6. The number of aryl methyl sites for hydroxylation is 2. The van der Waals surface area contributed by atoms with Crippen LogP contribution in [0.25, 0.3) is 27.5 Å². The van der Waals surface area contributed by atoms with Gasteiger partial charge in [-0.15, -0.1) is 0 Å². The summed E-state index contributed by atoms with van der Waals surface area (Å²) in [5.74, 6) is 2.15. The number of nitrogens with one attached hydrogen (secondary N) is 1. The summed E-state index contributed by atoms with van der Waals surface area (Å²) in [6.45, 7) is 2.01. The van der Waals surface area contributed by atoms with Gasteiger partial charge >= 0.3 is 0 Å². The minimum atomic E-state index is -0.305. The Bertz CT molecular complexity index is 1910. The molecule has 6 rings (SSSR count). The third-order valence-corrected chi connectivity index (χ3v) is 7.45. The molecule has 0 bridgehead atoms. The minimum absolute atomic E-state index is 0.172. The summed E-state index contributed by atoms with van der Waals surface area (Å²) >= 11 is 6.49. The maximum absolute atomic E-state index is 13.9. The lowest BCUT2D eigenvalue weighted by Crippen LogP contribution is -2.26. The molecular weight excluding hydrogens is 534 g/mol. The van der Waals surface area contributed by atoms with Crippen LogP contribution in [0.1, 0.15) is 30.0 Å². The molecule has 41 heavy (non-hydrogen) atoms. The van der Waals surface area contributed by atoms with Gasteiger partial charge in [-0.3, -0.25) is 14.3 Å². The molecule has 0 saturated carbocycles. The van der Waals surface area contributed by atoms with Gasteiger partial charge in [0.25, 0.3) is 5.56 Å². The lowest BCUT2D eigenvalue weighted by atomic mass is 10.1. The van der Waals surface area contributed by atoms with Crippen LogP contribution in [0, 0.1) is 0 Å². The first kappa shape index (κ1) is 26.5. The molecule has 1 atom stereocenters. The van der Waals surface area contributed by atoms with Crippen LogP contribution in [-0.2, 0) is 12.8 Å². The summed E-state index contributed by atoms with van der Waals surface area (Å²) in [6.07, 6.45) is 3.17. The van der Waals surface area contributed by atoms with Crippen molar-refractivity contribution in [1.29, 1.82) is 0 Å². The Kier molecular flexibility index (Phi) is 7.35. The van der Waals surface area contributed by atoms with E-state index in [2.05, 4.69) is 22.4 Å². The zero-order chi connectivity index (χ0) is 28.3. The summed E-state index contributed by atoms with van der Waals surface area (Å²) < 4.78 is 6.99. The van der Waals surface area contributed by atoms with Crippen LogP contribution >= 0.6 is 11.6 Å². The highest BCUT2D eigenvalue weighted by Gasteiger charge is 2.20. The number of methoxy groups -OCH3 is 1. The molecule has 3 aromatic carbocycles. The lowest BCUT2D eigenvalue weighted by molar-refractivity contribution is 0.414. The molecule has 0 amide bonds. The Labute approximate surface area is 242 Å². The molecule has 0 unspecified atom stereocenters. The van der Waals surface area contributed by atoms with Crippen molar-refractivity contribution in [3.8, 4) is 11.4 Å². The predicted molar refractivity (Wildman–Crippen MR) is 164 cm³/mol. The van der Waals surface area contributed by atoms with E-state index in [-0.39, 0.29) is 11.6 Å². The molecule has 0 aliphatic heterocycles. The number of anilines is 1. The number of nitrogens with zero attached hydrogens (tertiary/aromatic N) is 4. The van der Waals surface area contributed by atoms with Gasteiger partial charge in [-0.05, 0) is 72.8 Å². The lowest BCUT2D eigenvalue weighted by Gasteiger charge is -2.22. The summed E-state index contributed by atoms with van der Waals surface area (Å²) in [7, 11) is 1.66. The largest absolute Gasteiger partial charge is 0.497 e. The van der Waals surface area contributed by atoms with Crippen molar-refractivity contribution < 1.29 is 4.74 Å². The Morgan fingerprint density at radius 3 is 2.51 bits per heavy atom. The number of aromatic nitrogens is 4. The molecule has 0 aliphatic carbocycles. The van der Waals surface area contributed by atoms with Gasteiger partial charge in [0.05, 0.1) is 29.1 Å². The van der Waals surface area contributed by atoms with E-state index in [9.17, 15) is 4.79 Å². The van der Waals surface area contributed by atoms with Gasteiger partial charge in [0, 0.05) is 24.0 Å². The summed E-state index contributed by atoms with van der Waals surface area (Å²) in [4.78, 5) is 28.1. The maximum Gasteiger partial charge on any atom is 0.264 e. The van der Waals surface area contributed by atoms with Crippen LogP contribution in [0.5, 0.6) is 5.75 Å². The topological polar surface area (TPSA) is 81.9 Å². The Morgan fingerprint density at radius 1 is 0.927 bits per heavy atom. The van der Waals surface area contributed by atoms with Crippen molar-refractivity contribution in [3.05, 3.63) is 130 Å². The number of halogens is 1. The molecule has 0 spiro atoms. The quantitative estimate of drug-likeness (QED) is 0.216. The second kappa shape index (κ2) is 11.4. The van der Waals surface area contributed by atoms with Gasteiger partial charge in [-0.2, -0.15) is 0 Å². The first-order valence-corrected chi connectivity index (χ1v) is 13.8. The smallest absolute Gasteiger partial charge is 0.264 e. The van der Waals surface area contributed by atoms with E-state index in [1.165, 1.54) is 5.56 Å². The Morgan fingerprint density at radius 2 is 1.73 bits per heavy atom. The molecule has 1 N–H and O–H groups in total. The fourth-order valence-electron chi connectivity index (χ4n) is 5.06. The maximum atomic E-state index is 13.9. The average molecular weight is 562 g/mol. The first-order chi connectivity index (χ1) is 20.0. The minimum Gasteiger partial charge on any atom is -0.497 e. The molecule has 0 saturated heterocycles. The van der Waals surface area contributed by atoms with E-state index in [0.717, 1.165) is 34.5 Å². The van der Waals surface area contributed by atoms with Crippen molar-refractivity contribution in [2.75, 3.05) is 12.4 Å². The van der Waals surface area contributed by atoms with E-state index in [4.69, 9.17) is 26.3 Å². The second-order valence-electron chi connectivity index (χ2n) is 9.82. The van der Waals surface area contributed by atoms with E-state index in [1.54, 1.807) is 23.9 Å². The highest BCUT2D eigenvalue weighted by molar-refractivity contribution is 6.35. The van der Waals surface area contributed by atoms with Gasteiger partial charge < -0.3 is 10.1 Å². The van der Waals surface area contributed by atoms with Gasteiger partial charge in [-0.1, -0.05) is 54.1 Å². The summed E-state index contributed by atoms with van der Waals surface area (Å²) in [5, 5.41) is 5.25. The molecule has 3 aromatic heterocycles. The standard InChI is InChI=1S/C33H28ClN5O2/c1-21(28-20-23-8-6-11-26(34)30(23)33(40)39(28)24-9-4-3-5-10-24)36-32-31-27(12-7-19-35-31)37-29(38-32)18-15-22-13-16-25(41-2)17-14-22/h3-14,16-17,19-21H,15,18H2,1-2H3,(H,36,37,38)/t21-/m0/s1. The fourth-order valence-corrected chi connectivity index (χ4v) is 5.32. The monoisotopic (exact) mass is 561 g/mol. The molecule has 6 aromatic rings. The van der Waals surface area contributed by atoms with Crippen LogP contribution in [0.3, 0.4) is 0 Å². The van der Waals surface area contributed by atoms with Crippen LogP contribution in [0.15, 0.2) is 102 Å². The number of hydrogen-bond acceptors (Lipinski definition) is 6. The van der Waals surface area contributed by atoms with Crippen molar-refractivity contribution in [3.63, 3.8) is 0 Å². The number of rotatable bonds is 8. The predicted octanol–water partition coefficient (Wildman–Crippen LogP) is 6.95. The molecule has 3 heterocycles. The molecule has 0 aliphatic rings. The van der Waals surface area contributed by atoms with Crippen molar-refractivity contribution in [2.24, 2.45) is 0 Å². The van der Waals surface area contributed by atoms with E-state index in [1.807, 2.05) is 79.7 Å². The molecule has 0 radical (unpaired) electrons. The van der Waals surface area contributed by atoms with Crippen LogP contribution < -0.4 is 15.6 Å². The molecule has 204 valence electrons. The molecule has 8 heteroatoms. The molecular formula is C33H28ClN5O2. The van der Waals surface area contributed by atoms with Gasteiger partial charge in [0.1, 0.15) is 17.1 Å². The zero-order valence-electron chi connectivity index (χ0n) is 22.7. The molecule has 0 fully saturated rings. The number of ether oxygens (including phenoxy) is 1. The number of benzene rings is 3. The normalized spacial score (nSPS) is 12.0. The summed E-state index contributed by atoms with van der Waals surface area (Å²) in [5.41, 5.74) is 3.96. The van der Waals surface area contributed by atoms with E-state index >= 15 is 0 Å². The van der Waals surface area contributed by atoms with Crippen molar-refractivity contribution >= 4 is 39.2 Å². The number of para-hydroxylation sites is 1. The Hall–Kier alpha value is -4.75. The number of pyridine rings is 2. The van der Waals surface area contributed by atoms with Gasteiger partial charge in [0.2, 0.25) is 0 Å². The van der Waals surface area contributed by atoms with Crippen molar-refractivity contribution in [2.45, 2.75) is 25.8 Å². The van der Waals surface area contributed by atoms with Gasteiger partial charge in [0.15, 0.2) is 5.82 Å². The number of hydrogen-bond donors (Lipinski definition) is 1. The Balaban J connectivity index is 1.40. The zero-order valence-corrected chi connectivity index (χ0v) is 23.5. The highest BCUT2D eigenvalue weighted by Crippen LogP contribution is 2.28. The molecule has 7 nitrogen and oxygen atoms in total. The average Bonchev–Trinajstić information content (AvgIpc) is 3.00.